The molecule has 7 aromatic carbocycles. The third kappa shape index (κ3) is 5.41. The second-order valence-electron chi connectivity index (χ2n) is 14.5. The largest absolute Gasteiger partial charge is 0.310 e. The van der Waals surface area contributed by atoms with E-state index in [0.717, 1.165) is 17.1 Å². The van der Waals surface area contributed by atoms with Crippen LogP contribution in [0, 0.1) is 0 Å². The van der Waals surface area contributed by atoms with Crippen LogP contribution in [0.4, 0.5) is 17.1 Å². The van der Waals surface area contributed by atoms with Crippen molar-refractivity contribution in [3.63, 3.8) is 0 Å². The molecular weight excluding hydrogens is 641 g/mol. The van der Waals surface area contributed by atoms with Crippen LogP contribution in [-0.2, 0) is 5.41 Å². The van der Waals surface area contributed by atoms with Crippen molar-refractivity contribution >= 4 is 44.4 Å². The minimum atomic E-state index is -0.0864. The van der Waals surface area contributed by atoms with Crippen LogP contribution in [0.25, 0.3) is 55.3 Å². The molecule has 0 unspecified atom stereocenters. The average Bonchev–Trinajstić information content (AvgIpc) is 3.66. The van der Waals surface area contributed by atoms with E-state index in [9.17, 15) is 0 Å². The molecule has 1 heterocycles. The van der Waals surface area contributed by atoms with Crippen LogP contribution in [0.15, 0.2) is 182 Å². The topological polar surface area (TPSA) is 8.17 Å². The lowest BCUT2D eigenvalue weighted by Crippen LogP contribution is -2.16. The summed E-state index contributed by atoms with van der Waals surface area (Å²) in [7, 11) is 0. The summed E-state index contributed by atoms with van der Waals surface area (Å²) in [6, 6.07) is 60.2. The van der Waals surface area contributed by atoms with Gasteiger partial charge in [0.1, 0.15) is 0 Å². The van der Waals surface area contributed by atoms with Crippen molar-refractivity contribution in [2.24, 2.45) is 0 Å². The molecule has 1 aromatic heterocycles. The fraction of sp³-hybridized carbons (Fsp3) is 0.0980. The summed E-state index contributed by atoms with van der Waals surface area (Å²) in [6.07, 6.45) is 6.44. The first-order chi connectivity index (χ1) is 26.0. The van der Waals surface area contributed by atoms with E-state index in [1.807, 2.05) is 0 Å². The van der Waals surface area contributed by atoms with E-state index >= 15 is 0 Å². The molecule has 0 N–H and O–H groups in total. The molecule has 0 bridgehead atoms. The molecule has 9 rings (SSSR count). The first kappa shape index (κ1) is 32.5. The Balaban J connectivity index is 1.14. The maximum atomic E-state index is 2.41. The lowest BCUT2D eigenvalue weighted by Gasteiger charge is -2.28. The Kier molecular flexibility index (Phi) is 7.97. The van der Waals surface area contributed by atoms with E-state index in [0.29, 0.717) is 0 Å². The number of hydrogen-bond acceptors (Lipinski definition) is 1. The van der Waals surface area contributed by atoms with E-state index in [4.69, 9.17) is 0 Å². The zero-order valence-electron chi connectivity index (χ0n) is 30.7. The van der Waals surface area contributed by atoms with Crippen LogP contribution >= 0.6 is 0 Å². The lowest BCUT2D eigenvalue weighted by molar-refractivity contribution is 0.660. The number of fused-ring (bicyclic) bond motifs is 6. The number of rotatable bonds is 7. The zero-order valence-corrected chi connectivity index (χ0v) is 30.7. The van der Waals surface area contributed by atoms with Gasteiger partial charge in [0.15, 0.2) is 0 Å². The van der Waals surface area contributed by atoms with Crippen LogP contribution in [0.3, 0.4) is 0 Å². The first-order valence-corrected chi connectivity index (χ1v) is 18.6. The minimum absolute atomic E-state index is 0.0864. The van der Waals surface area contributed by atoms with Gasteiger partial charge in [-0.1, -0.05) is 129 Å². The highest BCUT2D eigenvalue weighted by molar-refractivity contribution is 6.10. The Hall–Kier alpha value is -6.38. The molecule has 1 aliphatic carbocycles. The molecule has 2 nitrogen and oxygen atoms in total. The zero-order chi connectivity index (χ0) is 36.1. The van der Waals surface area contributed by atoms with Crippen molar-refractivity contribution in [1.82, 2.24) is 4.57 Å². The predicted molar refractivity (Wildman–Crippen MR) is 227 cm³/mol. The molecule has 1 aliphatic rings. The van der Waals surface area contributed by atoms with Gasteiger partial charge in [0, 0.05) is 38.9 Å². The van der Waals surface area contributed by atoms with Crippen molar-refractivity contribution in [3.05, 3.63) is 199 Å². The van der Waals surface area contributed by atoms with Crippen molar-refractivity contribution in [2.45, 2.75) is 33.1 Å². The van der Waals surface area contributed by atoms with E-state index in [-0.39, 0.29) is 5.41 Å². The van der Waals surface area contributed by atoms with Crippen molar-refractivity contribution < 1.29 is 0 Å². The van der Waals surface area contributed by atoms with E-state index < -0.39 is 0 Å². The van der Waals surface area contributed by atoms with E-state index in [1.165, 1.54) is 72.0 Å². The maximum absolute atomic E-state index is 2.41. The predicted octanol–water partition coefficient (Wildman–Crippen LogP) is 14.2. The second-order valence-corrected chi connectivity index (χ2v) is 14.5. The molecule has 8 aromatic rings. The normalized spacial score (nSPS) is 13.5. The fourth-order valence-corrected chi connectivity index (χ4v) is 8.43. The van der Waals surface area contributed by atoms with Crippen LogP contribution < -0.4 is 4.90 Å². The van der Waals surface area contributed by atoms with Crippen LogP contribution in [0.5, 0.6) is 0 Å². The van der Waals surface area contributed by atoms with Gasteiger partial charge >= 0.3 is 0 Å². The highest BCUT2D eigenvalue weighted by atomic mass is 15.1. The highest BCUT2D eigenvalue weighted by Crippen LogP contribution is 2.50. The summed E-state index contributed by atoms with van der Waals surface area (Å²) < 4.78 is 2.37. The average molecular weight is 683 g/mol. The molecule has 0 atom stereocenters. The number of aromatic nitrogens is 1. The van der Waals surface area contributed by atoms with Crippen molar-refractivity contribution in [3.8, 4) is 27.9 Å². The quantitative estimate of drug-likeness (QED) is 0.152. The van der Waals surface area contributed by atoms with Gasteiger partial charge in [-0.15, -0.1) is 0 Å². The number of hydrogen-bond donors (Lipinski definition) is 0. The van der Waals surface area contributed by atoms with Gasteiger partial charge in [0.05, 0.1) is 11.0 Å². The summed E-state index contributed by atoms with van der Waals surface area (Å²) in [5, 5.41) is 2.52. The highest BCUT2D eigenvalue weighted by Gasteiger charge is 2.35. The van der Waals surface area contributed by atoms with Gasteiger partial charge in [-0.2, -0.15) is 0 Å². The molecule has 256 valence electrons. The fourth-order valence-electron chi connectivity index (χ4n) is 8.43. The first-order valence-electron chi connectivity index (χ1n) is 18.6. The Morgan fingerprint density at radius 1 is 0.528 bits per heavy atom. The lowest BCUT2D eigenvalue weighted by atomic mass is 9.82. The monoisotopic (exact) mass is 682 g/mol. The molecule has 53 heavy (non-hydrogen) atoms. The molecule has 0 spiro atoms. The standard InChI is InChI=1S/C51H42N2/c1-5-14-35(6-2)36-21-26-40(27-22-36)52(42-30-31-44-43-17-10-12-19-47(43)51(3,4)48(44)34-42)41-28-23-37(24-29-41)38-25-32-50-46(33-38)45-18-11-13-20-49(45)53(50)39-15-8-7-9-16-39/h5-34H,1-4H3/b14-5-,35-6+. The Morgan fingerprint density at radius 3 is 1.91 bits per heavy atom. The smallest absolute Gasteiger partial charge is 0.0541 e. The minimum Gasteiger partial charge on any atom is -0.310 e. The van der Waals surface area contributed by atoms with Gasteiger partial charge in [-0.25, -0.2) is 0 Å². The van der Waals surface area contributed by atoms with Gasteiger partial charge in [0.2, 0.25) is 0 Å². The Bertz CT molecular complexity index is 2690. The molecule has 0 amide bonds. The van der Waals surface area contributed by atoms with Crippen LogP contribution in [0.2, 0.25) is 0 Å². The van der Waals surface area contributed by atoms with Crippen molar-refractivity contribution in [2.75, 3.05) is 4.90 Å². The molecule has 2 heteroatoms. The molecule has 0 saturated carbocycles. The number of benzene rings is 7. The maximum Gasteiger partial charge on any atom is 0.0541 e. The third-order valence-corrected chi connectivity index (χ3v) is 11.1. The third-order valence-electron chi connectivity index (χ3n) is 11.1. The number of nitrogens with zero attached hydrogens (tertiary/aromatic N) is 2. The summed E-state index contributed by atoms with van der Waals surface area (Å²) in [5.41, 5.74) is 17.2. The van der Waals surface area contributed by atoms with E-state index in [1.54, 1.807) is 0 Å². The number of allylic oxidation sites excluding steroid dienone is 4. The molecule has 0 radical (unpaired) electrons. The van der Waals surface area contributed by atoms with Crippen LogP contribution in [-0.4, -0.2) is 4.57 Å². The van der Waals surface area contributed by atoms with Gasteiger partial charge < -0.3 is 9.47 Å². The number of para-hydroxylation sites is 2. The number of anilines is 3. The Labute approximate surface area is 312 Å². The molecule has 0 fully saturated rings. The summed E-state index contributed by atoms with van der Waals surface area (Å²) in [4.78, 5) is 2.40. The van der Waals surface area contributed by atoms with Crippen molar-refractivity contribution in [1.29, 1.82) is 0 Å². The summed E-state index contributed by atoms with van der Waals surface area (Å²) >= 11 is 0. The second kappa shape index (κ2) is 13.0. The van der Waals surface area contributed by atoms with E-state index in [2.05, 4.69) is 219 Å². The van der Waals surface area contributed by atoms with Gasteiger partial charge in [0.25, 0.3) is 0 Å². The summed E-state index contributed by atoms with van der Waals surface area (Å²) in [5.74, 6) is 0. The molecular formula is C51H42N2. The molecule has 0 saturated heterocycles. The van der Waals surface area contributed by atoms with Gasteiger partial charge in [-0.3, -0.25) is 0 Å². The van der Waals surface area contributed by atoms with Gasteiger partial charge in [-0.05, 0) is 125 Å². The molecule has 0 aliphatic heterocycles. The SMILES string of the molecule is C/C=C\C(=C/C)c1ccc(N(c2ccc(-c3ccc4c(c3)c3ccccc3n4-c3ccccc3)cc2)c2ccc3c(c2)C(C)(C)c2ccccc2-3)cc1. The Morgan fingerprint density at radius 2 is 1.15 bits per heavy atom. The summed E-state index contributed by atoms with van der Waals surface area (Å²) in [6.45, 7) is 8.87. The van der Waals surface area contributed by atoms with Crippen LogP contribution in [0.1, 0.15) is 44.4 Å².